The highest BCUT2D eigenvalue weighted by atomic mass is 16.5. The van der Waals surface area contributed by atoms with Crippen LogP contribution in [0.2, 0.25) is 0 Å². The van der Waals surface area contributed by atoms with E-state index >= 15 is 0 Å². The third-order valence-electron chi connectivity index (χ3n) is 3.87. The van der Waals surface area contributed by atoms with Crippen LogP contribution in [0.4, 0.5) is 0 Å². The number of benzene rings is 1. The molecule has 1 aliphatic rings. The van der Waals surface area contributed by atoms with Crippen molar-refractivity contribution >= 4 is 5.91 Å². The molecule has 0 unspecified atom stereocenters. The lowest BCUT2D eigenvalue weighted by Gasteiger charge is -2.26. The van der Waals surface area contributed by atoms with Gasteiger partial charge in [-0.3, -0.25) is 9.69 Å². The molecule has 1 amide bonds. The van der Waals surface area contributed by atoms with E-state index in [0.29, 0.717) is 19.5 Å². The van der Waals surface area contributed by atoms with E-state index in [-0.39, 0.29) is 5.91 Å². The molecule has 0 spiro atoms. The largest absolute Gasteiger partial charge is 0.497 e. The molecule has 0 atom stereocenters. The van der Waals surface area contributed by atoms with Crippen LogP contribution in [0, 0.1) is 0 Å². The van der Waals surface area contributed by atoms with Crippen molar-refractivity contribution in [1.29, 1.82) is 0 Å². The highest BCUT2D eigenvalue weighted by Crippen LogP contribution is 2.10. The Kier molecular flexibility index (Phi) is 7.86. The maximum atomic E-state index is 11.8. The maximum absolute atomic E-state index is 11.8. The average molecular weight is 321 g/mol. The Morgan fingerprint density at radius 2 is 1.96 bits per heavy atom. The third kappa shape index (κ3) is 6.99. The van der Waals surface area contributed by atoms with Crippen LogP contribution in [0.15, 0.2) is 24.3 Å². The first-order chi connectivity index (χ1) is 11.3. The van der Waals surface area contributed by atoms with Gasteiger partial charge in [-0.05, 0) is 17.7 Å². The molecular weight excluding hydrogens is 294 g/mol. The summed E-state index contributed by atoms with van der Waals surface area (Å²) in [5.41, 5.74) is 1.18. The quantitative estimate of drug-likeness (QED) is 0.653. The molecule has 0 radical (unpaired) electrons. The number of nitrogens with zero attached hydrogens (tertiary/aromatic N) is 1. The number of ether oxygens (including phenoxy) is 2. The Bertz CT molecular complexity index is 459. The second kappa shape index (κ2) is 10.2. The summed E-state index contributed by atoms with van der Waals surface area (Å²) in [5.74, 6) is 0.953. The zero-order valence-electron chi connectivity index (χ0n) is 13.8. The first kappa shape index (κ1) is 17.7. The van der Waals surface area contributed by atoms with Crippen LogP contribution in [-0.2, 0) is 16.1 Å². The van der Waals surface area contributed by atoms with Gasteiger partial charge in [0, 0.05) is 45.7 Å². The van der Waals surface area contributed by atoms with Gasteiger partial charge in [0.1, 0.15) is 5.75 Å². The van der Waals surface area contributed by atoms with Gasteiger partial charge in [0.15, 0.2) is 0 Å². The fourth-order valence-electron chi connectivity index (χ4n) is 2.44. The standard InChI is InChI=1S/C17H27N3O3/c1-22-16-4-2-15(3-5-16)14-18-7-6-17(21)19-8-9-20-10-12-23-13-11-20/h2-5,18H,6-14H2,1H3,(H,19,21). The fraction of sp³-hybridized carbons (Fsp3) is 0.588. The van der Waals surface area contributed by atoms with Crippen LogP contribution < -0.4 is 15.4 Å². The molecule has 6 nitrogen and oxygen atoms in total. The van der Waals surface area contributed by atoms with Crippen molar-refractivity contribution in [1.82, 2.24) is 15.5 Å². The molecule has 0 saturated carbocycles. The number of methoxy groups -OCH3 is 1. The van der Waals surface area contributed by atoms with Crippen molar-refractivity contribution in [3.8, 4) is 5.75 Å². The van der Waals surface area contributed by atoms with Gasteiger partial charge in [-0.2, -0.15) is 0 Å². The summed E-state index contributed by atoms with van der Waals surface area (Å²) in [7, 11) is 1.66. The number of morpholine rings is 1. The van der Waals surface area contributed by atoms with Crippen molar-refractivity contribution in [2.75, 3.05) is 53.0 Å². The second-order valence-corrected chi connectivity index (χ2v) is 5.58. The topological polar surface area (TPSA) is 62.8 Å². The minimum Gasteiger partial charge on any atom is -0.497 e. The lowest BCUT2D eigenvalue weighted by Crippen LogP contribution is -2.41. The number of amides is 1. The summed E-state index contributed by atoms with van der Waals surface area (Å²) in [6.45, 7) is 6.54. The molecular formula is C17H27N3O3. The molecule has 23 heavy (non-hydrogen) atoms. The molecule has 1 saturated heterocycles. The summed E-state index contributed by atoms with van der Waals surface area (Å²) >= 11 is 0. The summed E-state index contributed by atoms with van der Waals surface area (Å²) in [6.07, 6.45) is 0.499. The second-order valence-electron chi connectivity index (χ2n) is 5.58. The Morgan fingerprint density at radius 3 is 2.65 bits per heavy atom. The minimum atomic E-state index is 0.0977. The van der Waals surface area contributed by atoms with Gasteiger partial charge < -0.3 is 20.1 Å². The molecule has 1 aromatic carbocycles. The lowest BCUT2D eigenvalue weighted by atomic mass is 10.2. The molecule has 1 aromatic rings. The van der Waals surface area contributed by atoms with Crippen molar-refractivity contribution in [2.45, 2.75) is 13.0 Å². The number of hydrogen-bond acceptors (Lipinski definition) is 5. The minimum absolute atomic E-state index is 0.0977. The van der Waals surface area contributed by atoms with E-state index < -0.39 is 0 Å². The summed E-state index contributed by atoms with van der Waals surface area (Å²) in [5, 5.41) is 6.25. The first-order valence-corrected chi connectivity index (χ1v) is 8.18. The molecule has 2 N–H and O–H groups in total. The Balaban J connectivity index is 1.50. The Hall–Kier alpha value is -1.63. The van der Waals surface area contributed by atoms with Crippen LogP contribution >= 0.6 is 0 Å². The highest BCUT2D eigenvalue weighted by Gasteiger charge is 2.09. The van der Waals surface area contributed by atoms with Crippen LogP contribution in [0.1, 0.15) is 12.0 Å². The Morgan fingerprint density at radius 1 is 1.22 bits per heavy atom. The molecule has 0 aliphatic carbocycles. The van der Waals surface area contributed by atoms with Crippen LogP contribution in [-0.4, -0.2) is 63.9 Å². The molecule has 1 heterocycles. The van der Waals surface area contributed by atoms with Gasteiger partial charge in [-0.15, -0.1) is 0 Å². The van der Waals surface area contributed by atoms with Gasteiger partial charge in [0.2, 0.25) is 5.91 Å². The predicted octanol–water partition coefficient (Wildman–Crippen LogP) is 0.623. The van der Waals surface area contributed by atoms with Crippen molar-refractivity contribution in [3.05, 3.63) is 29.8 Å². The molecule has 0 bridgehead atoms. The summed E-state index contributed by atoms with van der Waals surface area (Å²) in [4.78, 5) is 14.1. The fourth-order valence-corrected chi connectivity index (χ4v) is 2.44. The SMILES string of the molecule is COc1ccc(CNCCC(=O)NCCN2CCOCC2)cc1. The van der Waals surface area contributed by atoms with Gasteiger partial charge in [0.05, 0.1) is 20.3 Å². The van der Waals surface area contributed by atoms with Crippen molar-refractivity contribution in [3.63, 3.8) is 0 Å². The third-order valence-corrected chi connectivity index (χ3v) is 3.87. The van der Waals surface area contributed by atoms with Crippen molar-refractivity contribution in [2.24, 2.45) is 0 Å². The summed E-state index contributed by atoms with van der Waals surface area (Å²) in [6, 6.07) is 7.92. The van der Waals surface area contributed by atoms with Crippen LogP contribution in [0.5, 0.6) is 5.75 Å². The number of carbonyl (C=O) groups is 1. The van der Waals surface area contributed by atoms with E-state index in [4.69, 9.17) is 9.47 Å². The van der Waals surface area contributed by atoms with E-state index in [9.17, 15) is 4.79 Å². The first-order valence-electron chi connectivity index (χ1n) is 8.18. The van der Waals surface area contributed by atoms with Gasteiger partial charge in [-0.1, -0.05) is 12.1 Å². The Labute approximate surface area is 138 Å². The van der Waals surface area contributed by atoms with Gasteiger partial charge >= 0.3 is 0 Å². The van der Waals surface area contributed by atoms with Crippen LogP contribution in [0.3, 0.4) is 0 Å². The molecule has 1 aliphatic heterocycles. The average Bonchev–Trinajstić information content (AvgIpc) is 2.60. The summed E-state index contributed by atoms with van der Waals surface area (Å²) < 4.78 is 10.4. The molecule has 6 heteroatoms. The molecule has 1 fully saturated rings. The number of hydrogen-bond donors (Lipinski definition) is 2. The van der Waals surface area contributed by atoms with E-state index in [1.165, 1.54) is 5.56 Å². The molecule has 128 valence electrons. The molecule has 0 aromatic heterocycles. The van der Waals surface area contributed by atoms with Crippen molar-refractivity contribution < 1.29 is 14.3 Å². The van der Waals surface area contributed by atoms with Gasteiger partial charge in [0.25, 0.3) is 0 Å². The smallest absolute Gasteiger partial charge is 0.221 e. The number of carbonyl (C=O) groups excluding carboxylic acids is 1. The van der Waals surface area contributed by atoms with E-state index in [0.717, 1.165) is 45.1 Å². The van der Waals surface area contributed by atoms with Gasteiger partial charge in [-0.25, -0.2) is 0 Å². The van der Waals surface area contributed by atoms with E-state index in [1.807, 2.05) is 24.3 Å². The normalized spacial score (nSPS) is 15.3. The number of rotatable bonds is 9. The predicted molar refractivity (Wildman–Crippen MR) is 89.6 cm³/mol. The zero-order chi connectivity index (χ0) is 16.3. The maximum Gasteiger partial charge on any atom is 0.221 e. The molecule has 2 rings (SSSR count). The monoisotopic (exact) mass is 321 g/mol. The van der Waals surface area contributed by atoms with E-state index in [1.54, 1.807) is 7.11 Å². The lowest BCUT2D eigenvalue weighted by molar-refractivity contribution is -0.121. The van der Waals surface area contributed by atoms with Crippen LogP contribution in [0.25, 0.3) is 0 Å². The zero-order valence-corrected chi connectivity index (χ0v) is 13.8. The number of nitrogens with one attached hydrogen (secondary N) is 2. The van der Waals surface area contributed by atoms with E-state index in [2.05, 4.69) is 15.5 Å². The highest BCUT2D eigenvalue weighted by molar-refractivity contribution is 5.76.